The van der Waals surface area contributed by atoms with Crippen LogP contribution >= 0.6 is 11.6 Å². The number of amides is 1. The fraction of sp³-hybridized carbons (Fsp3) is 0.667. The molecule has 0 spiro atoms. The molecule has 1 rings (SSSR count). The standard InChI is InChI=1S/C6H8ClNO3/c1-4(9)8-2-6(7,3-8)5(10)11/h2-3H2,1H3,(H,10,11). The lowest BCUT2D eigenvalue weighted by atomic mass is 9.99. The molecule has 0 aromatic heterocycles. The van der Waals surface area contributed by atoms with Crippen LogP contribution in [-0.4, -0.2) is 39.8 Å². The second-order valence-corrected chi connectivity index (χ2v) is 3.37. The summed E-state index contributed by atoms with van der Waals surface area (Å²) < 4.78 is 0. The van der Waals surface area contributed by atoms with Crippen LogP contribution in [0.4, 0.5) is 0 Å². The molecule has 0 bridgehead atoms. The average Bonchev–Trinajstić information content (AvgIpc) is 1.79. The molecule has 1 amide bonds. The third-order valence-electron chi connectivity index (χ3n) is 1.71. The summed E-state index contributed by atoms with van der Waals surface area (Å²) in [6.07, 6.45) is 0. The van der Waals surface area contributed by atoms with Gasteiger partial charge in [0.15, 0.2) is 4.87 Å². The monoisotopic (exact) mass is 177 g/mol. The summed E-state index contributed by atoms with van der Waals surface area (Å²) >= 11 is 5.59. The summed E-state index contributed by atoms with van der Waals surface area (Å²) in [5, 5.41) is 8.52. The number of rotatable bonds is 1. The van der Waals surface area contributed by atoms with Crippen LogP contribution in [0.5, 0.6) is 0 Å². The predicted molar refractivity (Wildman–Crippen MR) is 38.5 cm³/mol. The average molecular weight is 178 g/mol. The van der Waals surface area contributed by atoms with Gasteiger partial charge in [-0.2, -0.15) is 0 Å². The molecular formula is C6H8ClNO3. The molecular weight excluding hydrogens is 170 g/mol. The van der Waals surface area contributed by atoms with Crippen LogP contribution in [0.25, 0.3) is 0 Å². The second kappa shape index (κ2) is 2.37. The van der Waals surface area contributed by atoms with Gasteiger partial charge in [0.2, 0.25) is 5.91 Å². The number of carboxylic acids is 1. The molecule has 1 saturated heterocycles. The first-order chi connectivity index (χ1) is 4.96. The van der Waals surface area contributed by atoms with Crippen LogP contribution in [0.2, 0.25) is 0 Å². The Morgan fingerprint density at radius 1 is 1.55 bits per heavy atom. The molecule has 1 N–H and O–H groups in total. The number of likely N-dealkylation sites (tertiary alicyclic amines) is 1. The van der Waals surface area contributed by atoms with Crippen LogP contribution in [0.1, 0.15) is 6.92 Å². The molecule has 0 unspecified atom stereocenters. The lowest BCUT2D eigenvalue weighted by molar-refractivity contribution is -0.149. The van der Waals surface area contributed by atoms with E-state index in [1.54, 1.807) is 0 Å². The van der Waals surface area contributed by atoms with Crippen molar-refractivity contribution in [3.63, 3.8) is 0 Å². The largest absolute Gasteiger partial charge is 0.480 e. The van der Waals surface area contributed by atoms with Gasteiger partial charge in [0, 0.05) is 6.92 Å². The third-order valence-corrected chi connectivity index (χ3v) is 2.11. The van der Waals surface area contributed by atoms with Gasteiger partial charge >= 0.3 is 5.97 Å². The predicted octanol–water partition coefficient (Wildman–Crippen LogP) is -0.0893. The van der Waals surface area contributed by atoms with Crippen LogP contribution in [-0.2, 0) is 9.59 Å². The molecule has 11 heavy (non-hydrogen) atoms. The number of carboxylic acid groups (broad SMARTS) is 1. The molecule has 1 heterocycles. The first-order valence-electron chi connectivity index (χ1n) is 3.13. The minimum atomic E-state index is -1.23. The van der Waals surface area contributed by atoms with E-state index in [9.17, 15) is 9.59 Å². The maximum Gasteiger partial charge on any atom is 0.328 e. The highest BCUT2D eigenvalue weighted by atomic mass is 35.5. The summed E-state index contributed by atoms with van der Waals surface area (Å²) in [4.78, 5) is 21.2. The molecule has 1 fully saturated rings. The molecule has 0 saturated carbocycles. The lowest BCUT2D eigenvalue weighted by Crippen LogP contribution is -2.63. The summed E-state index contributed by atoms with van der Waals surface area (Å²) in [6, 6.07) is 0. The van der Waals surface area contributed by atoms with Gasteiger partial charge in [-0.15, -0.1) is 11.6 Å². The van der Waals surface area contributed by atoms with Gasteiger partial charge in [-0.25, -0.2) is 0 Å². The van der Waals surface area contributed by atoms with Gasteiger partial charge < -0.3 is 10.0 Å². The van der Waals surface area contributed by atoms with Gasteiger partial charge in [-0.1, -0.05) is 0 Å². The van der Waals surface area contributed by atoms with Crippen molar-refractivity contribution in [2.75, 3.05) is 13.1 Å². The molecule has 62 valence electrons. The van der Waals surface area contributed by atoms with Crippen molar-refractivity contribution in [2.45, 2.75) is 11.8 Å². The van der Waals surface area contributed by atoms with E-state index < -0.39 is 10.8 Å². The van der Waals surface area contributed by atoms with Gasteiger partial charge in [0.05, 0.1) is 13.1 Å². The highest BCUT2D eigenvalue weighted by Gasteiger charge is 2.49. The fourth-order valence-corrected chi connectivity index (χ4v) is 1.21. The summed E-state index contributed by atoms with van der Waals surface area (Å²) in [5.74, 6) is -1.20. The molecule has 5 heteroatoms. The molecule has 0 aliphatic carbocycles. The van der Waals surface area contributed by atoms with Crippen molar-refractivity contribution in [1.82, 2.24) is 4.90 Å². The quantitative estimate of drug-likeness (QED) is 0.570. The molecule has 1 aliphatic rings. The molecule has 4 nitrogen and oxygen atoms in total. The highest BCUT2D eigenvalue weighted by Crippen LogP contribution is 2.28. The Morgan fingerprint density at radius 2 is 2.00 bits per heavy atom. The van der Waals surface area contributed by atoms with Crippen molar-refractivity contribution in [3.05, 3.63) is 0 Å². The number of aliphatic carboxylic acids is 1. The minimum absolute atomic E-state index is 0.110. The fourth-order valence-electron chi connectivity index (χ4n) is 0.917. The zero-order valence-corrected chi connectivity index (χ0v) is 6.76. The smallest absolute Gasteiger partial charge is 0.328 e. The van der Waals surface area contributed by atoms with E-state index in [-0.39, 0.29) is 19.0 Å². The summed E-state index contributed by atoms with van der Waals surface area (Å²) in [7, 11) is 0. The maximum atomic E-state index is 10.6. The maximum absolute atomic E-state index is 10.6. The van der Waals surface area contributed by atoms with Gasteiger partial charge in [0.25, 0.3) is 0 Å². The van der Waals surface area contributed by atoms with E-state index in [4.69, 9.17) is 16.7 Å². The Kier molecular flexibility index (Phi) is 1.80. The Hall–Kier alpha value is -0.770. The van der Waals surface area contributed by atoms with E-state index in [2.05, 4.69) is 0 Å². The number of carbonyl (C=O) groups is 2. The Balaban J connectivity index is 2.50. The van der Waals surface area contributed by atoms with Crippen molar-refractivity contribution >= 4 is 23.5 Å². The Labute approximate surface area is 68.7 Å². The van der Waals surface area contributed by atoms with Crippen LogP contribution < -0.4 is 0 Å². The van der Waals surface area contributed by atoms with Gasteiger partial charge in [-0.05, 0) is 0 Å². The van der Waals surface area contributed by atoms with Crippen molar-refractivity contribution in [2.24, 2.45) is 0 Å². The summed E-state index contributed by atoms with van der Waals surface area (Å²) in [5.41, 5.74) is 0. The van der Waals surface area contributed by atoms with Crippen LogP contribution in [0.15, 0.2) is 0 Å². The van der Waals surface area contributed by atoms with Gasteiger partial charge in [-0.3, -0.25) is 9.59 Å². The summed E-state index contributed by atoms with van der Waals surface area (Å²) in [6.45, 7) is 1.61. The van der Waals surface area contributed by atoms with Crippen molar-refractivity contribution in [1.29, 1.82) is 0 Å². The second-order valence-electron chi connectivity index (χ2n) is 2.65. The number of nitrogens with zero attached hydrogens (tertiary/aromatic N) is 1. The molecule has 0 aromatic rings. The molecule has 1 aliphatic heterocycles. The lowest BCUT2D eigenvalue weighted by Gasteiger charge is -2.42. The SMILES string of the molecule is CC(=O)N1CC(Cl)(C(=O)O)C1. The molecule has 0 aromatic carbocycles. The Bertz CT molecular complexity index is 210. The van der Waals surface area contributed by atoms with E-state index in [0.29, 0.717) is 0 Å². The molecule has 0 atom stereocenters. The van der Waals surface area contributed by atoms with Crippen LogP contribution in [0.3, 0.4) is 0 Å². The van der Waals surface area contributed by atoms with Gasteiger partial charge in [0.1, 0.15) is 0 Å². The van der Waals surface area contributed by atoms with Crippen molar-refractivity contribution in [3.8, 4) is 0 Å². The minimum Gasteiger partial charge on any atom is -0.480 e. The van der Waals surface area contributed by atoms with E-state index in [1.165, 1.54) is 11.8 Å². The number of alkyl halides is 1. The van der Waals surface area contributed by atoms with Crippen LogP contribution in [0, 0.1) is 0 Å². The first kappa shape index (κ1) is 8.33. The van der Waals surface area contributed by atoms with Crippen molar-refractivity contribution < 1.29 is 14.7 Å². The number of hydrogen-bond acceptors (Lipinski definition) is 2. The number of hydrogen-bond donors (Lipinski definition) is 1. The number of halogens is 1. The van der Waals surface area contributed by atoms with E-state index in [0.717, 1.165) is 0 Å². The topological polar surface area (TPSA) is 57.6 Å². The highest BCUT2D eigenvalue weighted by molar-refractivity contribution is 6.35. The normalized spacial score (nSPS) is 20.7. The first-order valence-corrected chi connectivity index (χ1v) is 3.51. The zero-order valence-electron chi connectivity index (χ0n) is 6.00. The Morgan fingerprint density at radius 3 is 2.27 bits per heavy atom. The number of carbonyl (C=O) groups excluding carboxylic acids is 1. The van der Waals surface area contributed by atoms with E-state index >= 15 is 0 Å². The molecule has 0 radical (unpaired) electrons. The van der Waals surface area contributed by atoms with E-state index in [1.807, 2.05) is 0 Å². The third kappa shape index (κ3) is 1.30. The zero-order chi connectivity index (χ0) is 8.65.